The minimum atomic E-state index is -0.546. The third-order valence-corrected chi connectivity index (χ3v) is 3.33. The maximum absolute atomic E-state index is 12.0. The highest BCUT2D eigenvalue weighted by molar-refractivity contribution is 5.80. The van der Waals surface area contributed by atoms with Gasteiger partial charge in [0.25, 0.3) is 5.91 Å². The van der Waals surface area contributed by atoms with Crippen molar-refractivity contribution in [2.75, 3.05) is 13.2 Å². The number of benzene rings is 2. The van der Waals surface area contributed by atoms with Crippen molar-refractivity contribution in [3.05, 3.63) is 59.7 Å². The second kappa shape index (κ2) is 8.22. The lowest BCUT2D eigenvalue weighted by atomic mass is 10.2. The Morgan fingerprint density at radius 2 is 1.65 bits per heavy atom. The predicted octanol–water partition coefficient (Wildman–Crippen LogP) is 3.27. The monoisotopic (exact) mass is 313 g/mol. The molecule has 1 N–H and O–H groups in total. The summed E-state index contributed by atoms with van der Waals surface area (Å²) in [5.41, 5.74) is 2.24. The molecular weight excluding hydrogens is 290 g/mol. The van der Waals surface area contributed by atoms with Gasteiger partial charge >= 0.3 is 0 Å². The van der Waals surface area contributed by atoms with Gasteiger partial charge in [0.2, 0.25) is 0 Å². The van der Waals surface area contributed by atoms with Crippen molar-refractivity contribution >= 4 is 5.91 Å². The third-order valence-electron chi connectivity index (χ3n) is 3.33. The van der Waals surface area contributed by atoms with Crippen LogP contribution < -0.4 is 14.8 Å². The Hall–Kier alpha value is -2.49. The van der Waals surface area contributed by atoms with Crippen LogP contribution in [-0.2, 0) is 4.79 Å². The maximum Gasteiger partial charge on any atom is 0.260 e. The minimum Gasteiger partial charge on any atom is -0.492 e. The average Bonchev–Trinajstić information content (AvgIpc) is 2.51. The molecule has 1 atom stereocenters. The van der Waals surface area contributed by atoms with Crippen molar-refractivity contribution in [1.82, 2.24) is 5.32 Å². The van der Waals surface area contributed by atoms with Gasteiger partial charge in [0, 0.05) is 0 Å². The van der Waals surface area contributed by atoms with E-state index in [-0.39, 0.29) is 5.91 Å². The molecule has 0 bridgehead atoms. The van der Waals surface area contributed by atoms with E-state index in [0.29, 0.717) is 18.9 Å². The lowest BCUT2D eigenvalue weighted by molar-refractivity contribution is -0.127. The summed E-state index contributed by atoms with van der Waals surface area (Å²) in [5.74, 6) is 1.35. The molecule has 0 heterocycles. The first-order chi connectivity index (χ1) is 11.0. The molecule has 1 amide bonds. The number of rotatable bonds is 7. The van der Waals surface area contributed by atoms with Gasteiger partial charge in [-0.05, 0) is 56.2 Å². The van der Waals surface area contributed by atoms with E-state index in [4.69, 9.17) is 9.47 Å². The Morgan fingerprint density at radius 1 is 1.04 bits per heavy atom. The lowest BCUT2D eigenvalue weighted by Gasteiger charge is -2.15. The number of hydrogen-bond acceptors (Lipinski definition) is 3. The van der Waals surface area contributed by atoms with Crippen molar-refractivity contribution < 1.29 is 14.3 Å². The summed E-state index contributed by atoms with van der Waals surface area (Å²) in [6.45, 7) is 6.60. The van der Waals surface area contributed by atoms with Crippen LogP contribution in [0.15, 0.2) is 48.5 Å². The smallest absolute Gasteiger partial charge is 0.260 e. The second-order valence-corrected chi connectivity index (χ2v) is 5.53. The van der Waals surface area contributed by atoms with E-state index in [1.807, 2.05) is 62.4 Å². The van der Waals surface area contributed by atoms with Crippen LogP contribution in [0, 0.1) is 13.8 Å². The SMILES string of the molecule is Cc1cccc(OCCNC(=O)[C@@H](C)Oc2cccc(C)c2)c1. The van der Waals surface area contributed by atoms with Gasteiger partial charge < -0.3 is 14.8 Å². The number of hydrogen-bond donors (Lipinski definition) is 1. The van der Waals surface area contributed by atoms with Crippen molar-refractivity contribution in [2.45, 2.75) is 26.9 Å². The zero-order chi connectivity index (χ0) is 16.7. The molecule has 0 spiro atoms. The van der Waals surface area contributed by atoms with Gasteiger partial charge in [-0.15, -0.1) is 0 Å². The van der Waals surface area contributed by atoms with E-state index in [2.05, 4.69) is 5.32 Å². The summed E-state index contributed by atoms with van der Waals surface area (Å²) in [4.78, 5) is 12.0. The summed E-state index contributed by atoms with van der Waals surface area (Å²) in [6, 6.07) is 15.5. The quantitative estimate of drug-likeness (QED) is 0.798. The Morgan fingerprint density at radius 3 is 2.30 bits per heavy atom. The molecule has 0 radical (unpaired) electrons. The minimum absolute atomic E-state index is 0.153. The van der Waals surface area contributed by atoms with E-state index < -0.39 is 6.10 Å². The van der Waals surface area contributed by atoms with Crippen LogP contribution in [0.3, 0.4) is 0 Å². The molecule has 122 valence electrons. The maximum atomic E-state index is 12.0. The summed E-state index contributed by atoms with van der Waals surface area (Å²) in [5, 5.41) is 2.81. The summed E-state index contributed by atoms with van der Waals surface area (Å²) in [6.07, 6.45) is -0.546. The molecule has 0 aromatic heterocycles. The van der Waals surface area contributed by atoms with Crippen molar-refractivity contribution in [2.24, 2.45) is 0 Å². The molecule has 0 aliphatic heterocycles. The largest absolute Gasteiger partial charge is 0.492 e. The normalized spacial score (nSPS) is 11.6. The van der Waals surface area contributed by atoms with Crippen LogP contribution in [0.1, 0.15) is 18.1 Å². The van der Waals surface area contributed by atoms with Crippen LogP contribution >= 0.6 is 0 Å². The molecule has 0 fully saturated rings. The number of nitrogens with one attached hydrogen (secondary N) is 1. The van der Waals surface area contributed by atoms with E-state index in [1.165, 1.54) is 0 Å². The van der Waals surface area contributed by atoms with Gasteiger partial charge in [0.1, 0.15) is 18.1 Å². The van der Waals surface area contributed by atoms with Crippen LogP contribution in [0.4, 0.5) is 0 Å². The molecule has 0 aliphatic rings. The Balaban J connectivity index is 1.71. The Labute approximate surface area is 137 Å². The summed E-state index contributed by atoms with van der Waals surface area (Å²) < 4.78 is 11.2. The fourth-order valence-corrected chi connectivity index (χ4v) is 2.14. The van der Waals surface area contributed by atoms with Gasteiger partial charge in [0.05, 0.1) is 6.54 Å². The van der Waals surface area contributed by atoms with Gasteiger partial charge in [-0.1, -0.05) is 24.3 Å². The fraction of sp³-hybridized carbons (Fsp3) is 0.316. The van der Waals surface area contributed by atoms with E-state index in [1.54, 1.807) is 6.92 Å². The number of aryl methyl sites for hydroxylation is 2. The molecule has 2 aromatic rings. The third kappa shape index (κ3) is 5.66. The van der Waals surface area contributed by atoms with Crippen LogP contribution in [0.5, 0.6) is 11.5 Å². The van der Waals surface area contributed by atoms with E-state index in [0.717, 1.165) is 16.9 Å². The molecule has 4 nitrogen and oxygen atoms in total. The molecule has 4 heteroatoms. The van der Waals surface area contributed by atoms with Gasteiger partial charge in [-0.2, -0.15) is 0 Å². The lowest BCUT2D eigenvalue weighted by Crippen LogP contribution is -2.38. The van der Waals surface area contributed by atoms with Crippen molar-refractivity contribution in [3.8, 4) is 11.5 Å². The number of ether oxygens (including phenoxy) is 2. The zero-order valence-electron chi connectivity index (χ0n) is 13.8. The summed E-state index contributed by atoms with van der Waals surface area (Å²) in [7, 11) is 0. The Kier molecular flexibility index (Phi) is 6.03. The molecule has 2 aromatic carbocycles. The topological polar surface area (TPSA) is 47.6 Å². The molecule has 0 aliphatic carbocycles. The molecule has 23 heavy (non-hydrogen) atoms. The van der Waals surface area contributed by atoms with Crippen molar-refractivity contribution in [1.29, 1.82) is 0 Å². The van der Waals surface area contributed by atoms with Crippen LogP contribution in [-0.4, -0.2) is 25.2 Å². The van der Waals surface area contributed by atoms with Gasteiger partial charge in [-0.25, -0.2) is 0 Å². The molecule has 0 unspecified atom stereocenters. The zero-order valence-corrected chi connectivity index (χ0v) is 13.8. The number of carbonyl (C=O) groups excluding carboxylic acids is 1. The predicted molar refractivity (Wildman–Crippen MR) is 91.0 cm³/mol. The number of carbonyl (C=O) groups is 1. The first kappa shape index (κ1) is 16.9. The fourth-order valence-electron chi connectivity index (χ4n) is 2.14. The first-order valence-corrected chi connectivity index (χ1v) is 7.75. The second-order valence-electron chi connectivity index (χ2n) is 5.53. The summed E-state index contributed by atoms with van der Waals surface area (Å²) >= 11 is 0. The average molecular weight is 313 g/mol. The van der Waals surface area contributed by atoms with E-state index >= 15 is 0 Å². The van der Waals surface area contributed by atoms with Crippen molar-refractivity contribution in [3.63, 3.8) is 0 Å². The molecule has 2 rings (SSSR count). The Bertz CT molecular complexity index is 655. The van der Waals surface area contributed by atoms with Crippen LogP contribution in [0.2, 0.25) is 0 Å². The number of amides is 1. The standard InChI is InChI=1S/C19H23NO3/c1-14-6-4-8-17(12-14)22-11-10-20-19(21)16(3)23-18-9-5-7-15(2)13-18/h4-9,12-13,16H,10-11H2,1-3H3,(H,20,21)/t16-/m1/s1. The molecule has 0 saturated carbocycles. The highest BCUT2D eigenvalue weighted by Gasteiger charge is 2.14. The highest BCUT2D eigenvalue weighted by Crippen LogP contribution is 2.14. The van der Waals surface area contributed by atoms with Gasteiger partial charge in [0.15, 0.2) is 6.10 Å². The molecular formula is C19H23NO3. The first-order valence-electron chi connectivity index (χ1n) is 7.75. The van der Waals surface area contributed by atoms with Gasteiger partial charge in [-0.3, -0.25) is 4.79 Å². The highest BCUT2D eigenvalue weighted by atomic mass is 16.5. The van der Waals surface area contributed by atoms with Crippen LogP contribution in [0.25, 0.3) is 0 Å². The molecule has 0 saturated heterocycles. The van der Waals surface area contributed by atoms with E-state index in [9.17, 15) is 4.79 Å².